The number of benzene rings is 1. The molecule has 0 atom stereocenters. The molecule has 0 bridgehead atoms. The Kier molecular flexibility index (Phi) is 3.80. The van der Waals surface area contributed by atoms with Crippen LogP contribution in [0.2, 0.25) is 0 Å². The van der Waals surface area contributed by atoms with E-state index in [1.165, 1.54) is 0 Å². The Hall–Kier alpha value is -3.42. The average molecular weight is 351 g/mol. The van der Waals surface area contributed by atoms with Gasteiger partial charge in [-0.3, -0.25) is 13.8 Å². The number of hydrogen-bond donors (Lipinski definition) is 2. The second-order valence-electron chi connectivity index (χ2n) is 6.12. The summed E-state index contributed by atoms with van der Waals surface area (Å²) in [6.45, 7) is 2.58. The van der Waals surface area contributed by atoms with Gasteiger partial charge < -0.3 is 10.1 Å². The van der Waals surface area contributed by atoms with Gasteiger partial charge in [-0.2, -0.15) is 0 Å². The first-order valence-corrected chi connectivity index (χ1v) is 8.35. The molecule has 3 heterocycles. The Morgan fingerprint density at radius 3 is 2.96 bits per heavy atom. The summed E-state index contributed by atoms with van der Waals surface area (Å²) in [4.78, 5) is 35.9. The summed E-state index contributed by atoms with van der Waals surface area (Å²) in [7, 11) is 0. The standard InChI is InChI=1S/C18H17N5O3/c1-2-7-23-16(24)14-15(22-8-6-19-18(22)23)21-13(20-14)10-11-4-3-5-12(9-11)17(25)26/h3-6,8-9H,2,7,10H2,1H3,(H,20,21)(H,25,26). The molecule has 132 valence electrons. The number of carbonyl (C=O) groups is 1. The first-order chi connectivity index (χ1) is 12.6. The molecule has 4 rings (SSSR count). The highest BCUT2D eigenvalue weighted by molar-refractivity contribution is 5.87. The molecule has 0 unspecified atom stereocenters. The Morgan fingerprint density at radius 2 is 2.19 bits per heavy atom. The van der Waals surface area contributed by atoms with Gasteiger partial charge in [0.2, 0.25) is 5.78 Å². The Bertz CT molecular complexity index is 1180. The van der Waals surface area contributed by atoms with E-state index in [-0.39, 0.29) is 11.1 Å². The van der Waals surface area contributed by atoms with Gasteiger partial charge in [0.1, 0.15) is 11.3 Å². The van der Waals surface area contributed by atoms with Gasteiger partial charge in [0.05, 0.1) is 5.56 Å². The van der Waals surface area contributed by atoms with Crippen LogP contribution in [0, 0.1) is 0 Å². The third-order valence-corrected chi connectivity index (χ3v) is 4.28. The molecule has 8 nitrogen and oxygen atoms in total. The molecule has 8 heteroatoms. The van der Waals surface area contributed by atoms with Crippen LogP contribution in [0.5, 0.6) is 0 Å². The second kappa shape index (κ2) is 6.14. The van der Waals surface area contributed by atoms with E-state index in [4.69, 9.17) is 5.11 Å². The third kappa shape index (κ3) is 2.55. The highest BCUT2D eigenvalue weighted by Crippen LogP contribution is 2.15. The maximum atomic E-state index is 12.8. The fourth-order valence-electron chi connectivity index (χ4n) is 3.14. The van der Waals surface area contributed by atoms with Crippen molar-refractivity contribution in [2.45, 2.75) is 26.3 Å². The first-order valence-electron chi connectivity index (χ1n) is 8.35. The largest absolute Gasteiger partial charge is 0.478 e. The molecule has 4 aromatic rings. The van der Waals surface area contributed by atoms with Crippen molar-refractivity contribution < 1.29 is 9.90 Å². The molecule has 0 spiro atoms. The predicted octanol–water partition coefficient (Wildman–Crippen LogP) is 2.07. The molecule has 0 aliphatic carbocycles. The van der Waals surface area contributed by atoms with Crippen molar-refractivity contribution in [3.8, 4) is 0 Å². The lowest BCUT2D eigenvalue weighted by atomic mass is 10.1. The summed E-state index contributed by atoms with van der Waals surface area (Å²) in [5.41, 5.74) is 1.83. The summed E-state index contributed by atoms with van der Waals surface area (Å²) in [5.74, 6) is 0.193. The predicted molar refractivity (Wildman–Crippen MR) is 95.6 cm³/mol. The Balaban J connectivity index is 1.83. The summed E-state index contributed by atoms with van der Waals surface area (Å²) in [5, 5.41) is 9.12. The topological polar surface area (TPSA) is 105 Å². The van der Waals surface area contributed by atoms with Gasteiger partial charge >= 0.3 is 5.97 Å². The van der Waals surface area contributed by atoms with E-state index in [0.717, 1.165) is 12.0 Å². The quantitative estimate of drug-likeness (QED) is 0.573. The van der Waals surface area contributed by atoms with Gasteiger partial charge in [0.15, 0.2) is 5.65 Å². The van der Waals surface area contributed by atoms with E-state index in [1.807, 2.05) is 13.0 Å². The van der Waals surface area contributed by atoms with Gasteiger partial charge in [0.25, 0.3) is 5.56 Å². The van der Waals surface area contributed by atoms with Gasteiger partial charge in [-0.15, -0.1) is 0 Å². The molecule has 0 fully saturated rings. The molecular formula is C18H17N5O3. The molecule has 0 saturated heterocycles. The number of nitrogens with zero attached hydrogens (tertiary/aromatic N) is 4. The van der Waals surface area contributed by atoms with Crippen molar-refractivity contribution in [1.29, 1.82) is 0 Å². The van der Waals surface area contributed by atoms with E-state index in [1.54, 1.807) is 39.6 Å². The van der Waals surface area contributed by atoms with Crippen LogP contribution in [-0.4, -0.2) is 35.0 Å². The van der Waals surface area contributed by atoms with E-state index in [0.29, 0.717) is 35.7 Å². The number of nitrogens with one attached hydrogen (secondary N) is 1. The molecule has 26 heavy (non-hydrogen) atoms. The molecule has 3 aromatic heterocycles. The van der Waals surface area contributed by atoms with Crippen LogP contribution in [0.25, 0.3) is 16.9 Å². The van der Waals surface area contributed by atoms with E-state index < -0.39 is 5.97 Å². The summed E-state index contributed by atoms with van der Waals surface area (Å²) in [6, 6.07) is 6.69. The fraction of sp³-hybridized carbons (Fsp3) is 0.222. The van der Waals surface area contributed by atoms with Gasteiger partial charge in [-0.1, -0.05) is 19.1 Å². The van der Waals surface area contributed by atoms with Gasteiger partial charge in [-0.05, 0) is 24.1 Å². The lowest BCUT2D eigenvalue weighted by Gasteiger charge is -2.05. The van der Waals surface area contributed by atoms with Gasteiger partial charge in [0, 0.05) is 25.4 Å². The lowest BCUT2D eigenvalue weighted by molar-refractivity contribution is 0.0696. The van der Waals surface area contributed by atoms with Crippen molar-refractivity contribution in [2.75, 3.05) is 0 Å². The second-order valence-corrected chi connectivity index (χ2v) is 6.12. The molecule has 0 amide bonds. The molecule has 0 aliphatic rings. The van der Waals surface area contributed by atoms with Crippen molar-refractivity contribution in [3.05, 3.63) is 64.0 Å². The highest BCUT2D eigenvalue weighted by Gasteiger charge is 2.16. The molecule has 1 aromatic carbocycles. The first kappa shape index (κ1) is 16.1. The van der Waals surface area contributed by atoms with Crippen LogP contribution < -0.4 is 5.56 Å². The summed E-state index contributed by atoms with van der Waals surface area (Å²) < 4.78 is 3.43. The smallest absolute Gasteiger partial charge is 0.335 e. The SMILES string of the molecule is CCCn1c(=O)c2[nH]c(Cc3cccc(C(=O)O)c3)nc2n2ccnc12. The molecule has 0 radical (unpaired) electrons. The van der Waals surface area contributed by atoms with Crippen LogP contribution >= 0.6 is 0 Å². The Morgan fingerprint density at radius 1 is 1.35 bits per heavy atom. The van der Waals surface area contributed by atoms with Crippen LogP contribution in [-0.2, 0) is 13.0 Å². The van der Waals surface area contributed by atoms with Crippen LogP contribution in [0.1, 0.15) is 35.1 Å². The maximum absolute atomic E-state index is 12.8. The average Bonchev–Trinajstić information content (AvgIpc) is 3.25. The number of fused-ring (bicyclic) bond motifs is 3. The fourth-order valence-corrected chi connectivity index (χ4v) is 3.14. The number of carboxylic acid groups (broad SMARTS) is 1. The third-order valence-electron chi connectivity index (χ3n) is 4.28. The zero-order valence-electron chi connectivity index (χ0n) is 14.1. The molecule has 0 aliphatic heterocycles. The number of hydrogen-bond acceptors (Lipinski definition) is 4. The normalized spacial score (nSPS) is 11.4. The van der Waals surface area contributed by atoms with Crippen molar-refractivity contribution in [1.82, 2.24) is 23.9 Å². The minimum Gasteiger partial charge on any atom is -0.478 e. The molecule has 2 N–H and O–H groups in total. The number of aromatic amines is 1. The number of rotatable bonds is 5. The number of carboxylic acids is 1. The van der Waals surface area contributed by atoms with Gasteiger partial charge in [-0.25, -0.2) is 14.8 Å². The minimum absolute atomic E-state index is 0.154. The molecule has 0 saturated carbocycles. The molecular weight excluding hydrogens is 334 g/mol. The monoisotopic (exact) mass is 351 g/mol. The number of aromatic carboxylic acids is 1. The number of aryl methyl sites for hydroxylation is 1. The van der Waals surface area contributed by atoms with E-state index in [9.17, 15) is 9.59 Å². The zero-order valence-corrected chi connectivity index (χ0v) is 14.1. The lowest BCUT2D eigenvalue weighted by Crippen LogP contribution is -2.23. The van der Waals surface area contributed by atoms with E-state index >= 15 is 0 Å². The summed E-state index contributed by atoms with van der Waals surface area (Å²) >= 11 is 0. The number of H-pyrrole nitrogens is 1. The minimum atomic E-state index is -0.973. The summed E-state index contributed by atoms with van der Waals surface area (Å²) in [6.07, 6.45) is 4.64. The highest BCUT2D eigenvalue weighted by atomic mass is 16.4. The van der Waals surface area contributed by atoms with E-state index in [2.05, 4.69) is 15.0 Å². The van der Waals surface area contributed by atoms with Crippen molar-refractivity contribution in [3.63, 3.8) is 0 Å². The van der Waals surface area contributed by atoms with Crippen LogP contribution in [0.3, 0.4) is 0 Å². The number of imidazole rings is 2. The van der Waals surface area contributed by atoms with Crippen LogP contribution in [0.15, 0.2) is 41.5 Å². The number of aromatic nitrogens is 5. The Labute approximate surface area is 147 Å². The zero-order chi connectivity index (χ0) is 18.3. The van der Waals surface area contributed by atoms with Crippen molar-refractivity contribution in [2.24, 2.45) is 0 Å². The maximum Gasteiger partial charge on any atom is 0.335 e. The van der Waals surface area contributed by atoms with Crippen LogP contribution in [0.4, 0.5) is 0 Å². The van der Waals surface area contributed by atoms with Crippen molar-refractivity contribution >= 4 is 22.9 Å².